The molecule has 1 aliphatic heterocycles. The first kappa shape index (κ1) is 21.6. The lowest BCUT2D eigenvalue weighted by Crippen LogP contribution is -2.45. The second kappa shape index (κ2) is 9.26. The van der Waals surface area contributed by atoms with Gasteiger partial charge in [0.2, 0.25) is 5.82 Å². The molecule has 0 bridgehead atoms. The first-order valence-electron chi connectivity index (χ1n) is 11.0. The molecule has 1 atom stereocenters. The third kappa shape index (κ3) is 4.10. The number of benzene rings is 2. The molecule has 1 unspecified atom stereocenters. The van der Waals surface area contributed by atoms with E-state index in [0.29, 0.717) is 24.9 Å². The normalized spacial score (nSPS) is 16.3. The summed E-state index contributed by atoms with van der Waals surface area (Å²) in [6.07, 6.45) is 0.956. The Morgan fingerprint density at radius 2 is 1.78 bits per heavy atom. The fourth-order valence-electron chi connectivity index (χ4n) is 3.95. The third-order valence-electron chi connectivity index (χ3n) is 5.71. The smallest absolute Gasteiger partial charge is 0.322 e. The standard InChI is InChI=1S/C25H28N4O3/c1-5-17-8-10-18(11-9-17)22-21(16(4)29(6-2)25(30)26-22)24-27-23(28-32-24)19-12-14-20(15-13-19)31-7-3/h8-15,22H,5-7H2,1-4H3,(H,26,30). The van der Waals surface area contributed by atoms with E-state index < -0.39 is 0 Å². The lowest BCUT2D eigenvalue weighted by atomic mass is 9.94. The molecule has 2 amide bonds. The van der Waals surface area contributed by atoms with Gasteiger partial charge in [-0.2, -0.15) is 4.98 Å². The Morgan fingerprint density at radius 3 is 2.41 bits per heavy atom. The summed E-state index contributed by atoms with van der Waals surface area (Å²) >= 11 is 0. The Balaban J connectivity index is 1.73. The Labute approximate surface area is 188 Å². The fraction of sp³-hybridized carbons (Fsp3) is 0.320. The number of aryl methyl sites for hydroxylation is 1. The van der Waals surface area contributed by atoms with E-state index in [1.54, 1.807) is 4.90 Å². The first-order chi connectivity index (χ1) is 15.5. The van der Waals surface area contributed by atoms with Gasteiger partial charge in [0.1, 0.15) is 5.75 Å². The predicted molar refractivity (Wildman–Crippen MR) is 123 cm³/mol. The number of nitrogens with zero attached hydrogens (tertiary/aromatic N) is 3. The van der Waals surface area contributed by atoms with Crippen molar-refractivity contribution < 1.29 is 14.1 Å². The van der Waals surface area contributed by atoms with E-state index in [0.717, 1.165) is 34.6 Å². The molecule has 0 saturated heterocycles. The van der Waals surface area contributed by atoms with Gasteiger partial charge in [-0.05, 0) is 62.6 Å². The molecule has 0 fully saturated rings. The third-order valence-corrected chi connectivity index (χ3v) is 5.71. The summed E-state index contributed by atoms with van der Waals surface area (Å²) < 4.78 is 11.2. The van der Waals surface area contributed by atoms with Crippen LogP contribution in [-0.2, 0) is 6.42 Å². The summed E-state index contributed by atoms with van der Waals surface area (Å²) in [7, 11) is 0. The Bertz CT molecular complexity index is 1120. The summed E-state index contributed by atoms with van der Waals surface area (Å²) in [5.41, 5.74) is 4.66. The second-order valence-corrected chi connectivity index (χ2v) is 7.60. The monoisotopic (exact) mass is 432 g/mol. The molecule has 0 aliphatic carbocycles. The van der Waals surface area contributed by atoms with Crippen molar-refractivity contribution in [2.75, 3.05) is 13.2 Å². The molecular formula is C25H28N4O3. The van der Waals surface area contributed by atoms with Crippen LogP contribution in [0.2, 0.25) is 0 Å². The number of ether oxygens (including phenoxy) is 1. The molecule has 2 heterocycles. The van der Waals surface area contributed by atoms with E-state index >= 15 is 0 Å². The molecule has 1 aromatic heterocycles. The molecule has 166 valence electrons. The minimum atomic E-state index is -0.371. The highest BCUT2D eigenvalue weighted by Crippen LogP contribution is 2.37. The van der Waals surface area contributed by atoms with Crippen molar-refractivity contribution >= 4 is 11.6 Å². The molecule has 0 saturated carbocycles. The lowest BCUT2D eigenvalue weighted by molar-refractivity contribution is 0.207. The number of rotatable bonds is 7. The zero-order chi connectivity index (χ0) is 22.7. The van der Waals surface area contributed by atoms with Crippen molar-refractivity contribution in [1.82, 2.24) is 20.4 Å². The largest absolute Gasteiger partial charge is 0.494 e. The van der Waals surface area contributed by atoms with Gasteiger partial charge in [0, 0.05) is 17.8 Å². The number of hydrogen-bond donors (Lipinski definition) is 1. The quantitative estimate of drug-likeness (QED) is 0.554. The van der Waals surface area contributed by atoms with E-state index in [4.69, 9.17) is 9.26 Å². The van der Waals surface area contributed by atoms with Crippen LogP contribution in [0.1, 0.15) is 50.8 Å². The molecule has 1 N–H and O–H groups in total. The lowest BCUT2D eigenvalue weighted by Gasteiger charge is -2.34. The first-order valence-corrected chi connectivity index (χ1v) is 11.0. The fourth-order valence-corrected chi connectivity index (χ4v) is 3.95. The van der Waals surface area contributed by atoms with Gasteiger partial charge in [0.05, 0.1) is 18.2 Å². The van der Waals surface area contributed by atoms with Crippen LogP contribution in [0.3, 0.4) is 0 Å². The molecule has 1 aliphatic rings. The van der Waals surface area contributed by atoms with Crippen molar-refractivity contribution in [3.63, 3.8) is 0 Å². The van der Waals surface area contributed by atoms with Crippen LogP contribution >= 0.6 is 0 Å². The Morgan fingerprint density at radius 1 is 1.06 bits per heavy atom. The number of carbonyl (C=O) groups excluding carboxylic acids is 1. The van der Waals surface area contributed by atoms with E-state index in [9.17, 15) is 4.79 Å². The van der Waals surface area contributed by atoms with Crippen LogP contribution in [0.15, 0.2) is 58.8 Å². The number of carbonyl (C=O) groups is 1. The molecule has 7 heteroatoms. The predicted octanol–water partition coefficient (Wildman–Crippen LogP) is 5.22. The maximum Gasteiger partial charge on any atom is 0.322 e. The molecule has 32 heavy (non-hydrogen) atoms. The SMILES string of the molecule is CCOc1ccc(-c2noc(C3=C(C)N(CC)C(=O)NC3c3ccc(CC)cc3)n2)cc1. The van der Waals surface area contributed by atoms with Gasteiger partial charge in [-0.15, -0.1) is 0 Å². The maximum absolute atomic E-state index is 12.7. The van der Waals surface area contributed by atoms with E-state index in [1.807, 2.05) is 57.2 Å². The molecule has 0 spiro atoms. The Hall–Kier alpha value is -3.61. The van der Waals surface area contributed by atoms with E-state index in [1.165, 1.54) is 5.56 Å². The van der Waals surface area contributed by atoms with Crippen LogP contribution in [0.4, 0.5) is 4.79 Å². The summed E-state index contributed by atoms with van der Waals surface area (Å²) in [5, 5.41) is 7.31. The molecule has 2 aromatic carbocycles. The van der Waals surface area contributed by atoms with Crippen LogP contribution in [-0.4, -0.2) is 34.2 Å². The summed E-state index contributed by atoms with van der Waals surface area (Å²) in [6, 6.07) is 15.3. The van der Waals surface area contributed by atoms with Gasteiger partial charge < -0.3 is 14.6 Å². The van der Waals surface area contributed by atoms with Gasteiger partial charge in [-0.3, -0.25) is 4.90 Å². The number of urea groups is 1. The molecule has 7 nitrogen and oxygen atoms in total. The zero-order valence-electron chi connectivity index (χ0n) is 18.9. The minimum Gasteiger partial charge on any atom is -0.494 e. The van der Waals surface area contributed by atoms with Crippen molar-refractivity contribution in [3.8, 4) is 17.1 Å². The minimum absolute atomic E-state index is 0.135. The average molecular weight is 433 g/mol. The van der Waals surface area contributed by atoms with Crippen LogP contribution in [0, 0.1) is 0 Å². The number of allylic oxidation sites excluding steroid dienone is 1. The maximum atomic E-state index is 12.7. The van der Waals surface area contributed by atoms with Gasteiger partial charge in [-0.25, -0.2) is 4.79 Å². The number of aromatic nitrogens is 2. The molecule has 4 rings (SSSR count). The molecule has 3 aromatic rings. The van der Waals surface area contributed by atoms with Crippen molar-refractivity contribution in [2.24, 2.45) is 0 Å². The number of amides is 2. The molecule has 0 radical (unpaired) electrons. The molecular weight excluding hydrogens is 404 g/mol. The second-order valence-electron chi connectivity index (χ2n) is 7.60. The summed E-state index contributed by atoms with van der Waals surface area (Å²) in [4.78, 5) is 19.1. The summed E-state index contributed by atoms with van der Waals surface area (Å²) in [5.74, 6) is 1.68. The summed E-state index contributed by atoms with van der Waals surface area (Å²) in [6.45, 7) is 9.08. The topological polar surface area (TPSA) is 80.5 Å². The van der Waals surface area contributed by atoms with Crippen LogP contribution in [0.5, 0.6) is 5.75 Å². The highest BCUT2D eigenvalue weighted by Gasteiger charge is 2.35. The Kier molecular flexibility index (Phi) is 6.25. The van der Waals surface area contributed by atoms with Gasteiger partial charge >= 0.3 is 6.03 Å². The zero-order valence-corrected chi connectivity index (χ0v) is 18.9. The van der Waals surface area contributed by atoms with Crippen molar-refractivity contribution in [2.45, 2.75) is 40.2 Å². The van der Waals surface area contributed by atoms with Gasteiger partial charge in [-0.1, -0.05) is 36.3 Å². The van der Waals surface area contributed by atoms with Gasteiger partial charge in [0.25, 0.3) is 5.89 Å². The van der Waals surface area contributed by atoms with E-state index in [2.05, 4.69) is 34.5 Å². The van der Waals surface area contributed by atoms with Gasteiger partial charge in [0.15, 0.2) is 0 Å². The van der Waals surface area contributed by atoms with Crippen LogP contribution < -0.4 is 10.1 Å². The van der Waals surface area contributed by atoms with Crippen molar-refractivity contribution in [1.29, 1.82) is 0 Å². The highest BCUT2D eigenvalue weighted by atomic mass is 16.5. The van der Waals surface area contributed by atoms with E-state index in [-0.39, 0.29) is 12.1 Å². The van der Waals surface area contributed by atoms with Crippen LogP contribution in [0.25, 0.3) is 17.0 Å². The number of nitrogens with one attached hydrogen (secondary N) is 1. The average Bonchev–Trinajstić information content (AvgIpc) is 3.29. The highest BCUT2D eigenvalue weighted by molar-refractivity contribution is 5.86. The van der Waals surface area contributed by atoms with Crippen molar-refractivity contribution in [3.05, 3.63) is 71.2 Å². The number of hydrogen-bond acceptors (Lipinski definition) is 5.